The number of imidazole rings is 1. The highest BCUT2D eigenvalue weighted by Gasteiger charge is 2.36. The van der Waals surface area contributed by atoms with E-state index in [4.69, 9.17) is 21.7 Å². The molecule has 5 rings (SSSR count). The molecule has 2 aliphatic heterocycles. The van der Waals surface area contributed by atoms with Gasteiger partial charge in [0.25, 0.3) is 0 Å². The SMILES string of the molecule is CN1CCC2C(CCCN2c2nn3cc(-c4ccc(Cl)cc4)nc3s2)C1. The minimum Gasteiger partial charge on any atom is -0.343 e. The fourth-order valence-corrected chi connectivity index (χ4v) is 5.48. The highest BCUT2D eigenvalue weighted by molar-refractivity contribution is 7.20. The van der Waals surface area contributed by atoms with Gasteiger partial charge in [-0.1, -0.05) is 35.1 Å². The van der Waals surface area contributed by atoms with Crippen molar-refractivity contribution in [2.45, 2.75) is 25.3 Å². The summed E-state index contributed by atoms with van der Waals surface area (Å²) in [5.74, 6) is 0.767. The summed E-state index contributed by atoms with van der Waals surface area (Å²) in [4.78, 5) is 10.8. The van der Waals surface area contributed by atoms with Gasteiger partial charge in [-0.3, -0.25) is 0 Å². The van der Waals surface area contributed by atoms with Gasteiger partial charge in [0.15, 0.2) is 0 Å². The Kier molecular flexibility index (Phi) is 4.14. The molecule has 0 radical (unpaired) electrons. The third kappa shape index (κ3) is 2.90. The van der Waals surface area contributed by atoms with E-state index in [1.54, 1.807) is 11.3 Å². The lowest BCUT2D eigenvalue weighted by Gasteiger charge is -2.46. The molecule has 5 nitrogen and oxygen atoms in total. The molecular formula is C19H22ClN5S. The van der Waals surface area contributed by atoms with E-state index >= 15 is 0 Å². The van der Waals surface area contributed by atoms with E-state index < -0.39 is 0 Å². The van der Waals surface area contributed by atoms with Crippen LogP contribution in [-0.2, 0) is 0 Å². The van der Waals surface area contributed by atoms with Crippen LogP contribution < -0.4 is 4.90 Å². The second-order valence-corrected chi connectivity index (χ2v) is 8.83. The van der Waals surface area contributed by atoms with Gasteiger partial charge >= 0.3 is 0 Å². The maximum atomic E-state index is 5.98. The Hall–Kier alpha value is -1.63. The Balaban J connectivity index is 1.43. The van der Waals surface area contributed by atoms with Gasteiger partial charge in [-0.25, -0.2) is 9.50 Å². The maximum absolute atomic E-state index is 5.98. The number of fused-ring (bicyclic) bond motifs is 2. The number of likely N-dealkylation sites (tertiary alicyclic amines) is 1. The Bertz CT molecular complexity index is 886. The number of nitrogens with zero attached hydrogens (tertiary/aromatic N) is 5. The number of piperidine rings is 2. The second-order valence-electron chi connectivity index (χ2n) is 7.46. The van der Waals surface area contributed by atoms with Gasteiger partial charge < -0.3 is 9.80 Å². The molecule has 0 aliphatic carbocycles. The molecule has 0 N–H and O–H groups in total. The van der Waals surface area contributed by atoms with Crippen LogP contribution in [0.5, 0.6) is 0 Å². The first-order valence-electron chi connectivity index (χ1n) is 9.25. The van der Waals surface area contributed by atoms with Crippen LogP contribution in [0, 0.1) is 5.92 Å². The lowest BCUT2D eigenvalue weighted by molar-refractivity contribution is 0.154. The zero-order chi connectivity index (χ0) is 17.7. The summed E-state index contributed by atoms with van der Waals surface area (Å²) in [7, 11) is 2.24. The minimum absolute atomic E-state index is 0.631. The van der Waals surface area contributed by atoms with Gasteiger partial charge in [0.05, 0.1) is 11.9 Å². The van der Waals surface area contributed by atoms with E-state index in [1.165, 1.54) is 32.4 Å². The predicted octanol–water partition coefficient (Wildman–Crippen LogP) is 4.03. The summed E-state index contributed by atoms with van der Waals surface area (Å²) in [5.41, 5.74) is 2.02. The van der Waals surface area contributed by atoms with Crippen LogP contribution >= 0.6 is 22.9 Å². The molecule has 3 aromatic rings. The lowest BCUT2D eigenvalue weighted by Crippen LogP contribution is -2.53. The molecule has 2 saturated heterocycles. The number of anilines is 1. The van der Waals surface area contributed by atoms with E-state index in [0.29, 0.717) is 6.04 Å². The molecule has 2 unspecified atom stereocenters. The van der Waals surface area contributed by atoms with Crippen molar-refractivity contribution in [1.29, 1.82) is 0 Å². The van der Waals surface area contributed by atoms with Crippen LogP contribution in [0.3, 0.4) is 0 Å². The van der Waals surface area contributed by atoms with E-state index in [0.717, 1.165) is 38.8 Å². The molecule has 2 aliphatic rings. The molecule has 0 bridgehead atoms. The highest BCUT2D eigenvalue weighted by Crippen LogP contribution is 2.36. The molecule has 7 heteroatoms. The summed E-state index contributed by atoms with van der Waals surface area (Å²) in [5, 5.41) is 6.73. The minimum atomic E-state index is 0.631. The molecule has 0 saturated carbocycles. The summed E-state index contributed by atoms with van der Waals surface area (Å²) in [6, 6.07) is 8.44. The molecule has 136 valence electrons. The largest absolute Gasteiger partial charge is 0.343 e. The first-order chi connectivity index (χ1) is 12.7. The first-order valence-corrected chi connectivity index (χ1v) is 10.4. The smallest absolute Gasteiger partial charge is 0.214 e. The van der Waals surface area contributed by atoms with E-state index in [-0.39, 0.29) is 0 Å². The van der Waals surface area contributed by atoms with Crippen molar-refractivity contribution in [1.82, 2.24) is 19.5 Å². The van der Waals surface area contributed by atoms with Crippen molar-refractivity contribution in [3.8, 4) is 11.3 Å². The molecule has 2 fully saturated rings. The van der Waals surface area contributed by atoms with Gasteiger partial charge in [-0.15, -0.1) is 5.10 Å². The third-order valence-corrected chi connectivity index (χ3v) is 6.90. The zero-order valence-electron chi connectivity index (χ0n) is 14.8. The Morgan fingerprint density at radius 3 is 2.81 bits per heavy atom. The predicted molar refractivity (Wildman–Crippen MR) is 107 cm³/mol. The molecule has 0 amide bonds. The van der Waals surface area contributed by atoms with Crippen molar-refractivity contribution in [3.05, 3.63) is 35.5 Å². The molecule has 26 heavy (non-hydrogen) atoms. The number of hydrogen-bond acceptors (Lipinski definition) is 5. The van der Waals surface area contributed by atoms with Crippen LogP contribution in [-0.4, -0.2) is 52.2 Å². The van der Waals surface area contributed by atoms with E-state index in [1.807, 2.05) is 35.0 Å². The van der Waals surface area contributed by atoms with Crippen molar-refractivity contribution in [2.75, 3.05) is 31.6 Å². The summed E-state index contributed by atoms with van der Waals surface area (Å²) >= 11 is 7.69. The molecular weight excluding hydrogens is 366 g/mol. The summed E-state index contributed by atoms with van der Waals surface area (Å²) in [6.45, 7) is 3.51. The van der Waals surface area contributed by atoms with Gasteiger partial charge in [-0.05, 0) is 50.9 Å². The van der Waals surface area contributed by atoms with Crippen molar-refractivity contribution >= 4 is 33.0 Å². The van der Waals surface area contributed by atoms with Gasteiger partial charge in [0.1, 0.15) is 0 Å². The Labute approximate surface area is 162 Å². The van der Waals surface area contributed by atoms with Crippen LogP contribution in [0.1, 0.15) is 19.3 Å². The quantitative estimate of drug-likeness (QED) is 0.665. The fourth-order valence-electron chi connectivity index (χ4n) is 4.39. The topological polar surface area (TPSA) is 36.7 Å². The fraction of sp³-hybridized carbons (Fsp3) is 0.474. The molecule has 1 aromatic carbocycles. The lowest BCUT2D eigenvalue weighted by atomic mass is 9.84. The van der Waals surface area contributed by atoms with E-state index in [9.17, 15) is 0 Å². The van der Waals surface area contributed by atoms with Gasteiger partial charge in [-0.2, -0.15) is 0 Å². The standard InChI is InChI=1S/C19H22ClN5S/c1-23-10-8-17-14(11-23)3-2-9-24(17)19-22-25-12-16(21-18(25)26-19)13-4-6-15(20)7-5-13/h4-7,12,14,17H,2-3,8-11H2,1H3. The second kappa shape index (κ2) is 6.51. The third-order valence-electron chi connectivity index (χ3n) is 5.69. The van der Waals surface area contributed by atoms with Crippen molar-refractivity contribution < 1.29 is 0 Å². The summed E-state index contributed by atoms with van der Waals surface area (Å²) in [6.07, 6.45) is 5.86. The number of halogens is 1. The first kappa shape index (κ1) is 16.5. The van der Waals surface area contributed by atoms with Crippen molar-refractivity contribution in [2.24, 2.45) is 5.92 Å². The Morgan fingerprint density at radius 2 is 2.00 bits per heavy atom. The number of aromatic nitrogens is 3. The van der Waals surface area contributed by atoms with Crippen LogP contribution in [0.15, 0.2) is 30.5 Å². The molecule has 2 aromatic heterocycles. The normalized spacial score (nSPS) is 24.2. The van der Waals surface area contributed by atoms with Crippen LogP contribution in [0.25, 0.3) is 16.2 Å². The van der Waals surface area contributed by atoms with Crippen LogP contribution in [0.2, 0.25) is 5.02 Å². The van der Waals surface area contributed by atoms with Gasteiger partial charge in [0, 0.05) is 29.7 Å². The van der Waals surface area contributed by atoms with E-state index in [2.05, 4.69) is 16.8 Å². The maximum Gasteiger partial charge on any atom is 0.214 e. The molecule has 4 heterocycles. The summed E-state index contributed by atoms with van der Waals surface area (Å²) < 4.78 is 1.93. The Morgan fingerprint density at radius 1 is 1.15 bits per heavy atom. The zero-order valence-corrected chi connectivity index (χ0v) is 16.4. The monoisotopic (exact) mass is 387 g/mol. The highest BCUT2D eigenvalue weighted by atomic mass is 35.5. The number of rotatable bonds is 2. The molecule has 2 atom stereocenters. The van der Waals surface area contributed by atoms with Gasteiger partial charge in [0.2, 0.25) is 10.1 Å². The van der Waals surface area contributed by atoms with Crippen LogP contribution in [0.4, 0.5) is 5.13 Å². The number of benzene rings is 1. The average molecular weight is 388 g/mol. The molecule has 0 spiro atoms. The number of hydrogen-bond donors (Lipinski definition) is 0. The average Bonchev–Trinajstić information content (AvgIpc) is 3.20. The van der Waals surface area contributed by atoms with Crippen molar-refractivity contribution in [3.63, 3.8) is 0 Å².